The Bertz CT molecular complexity index is 438. The first kappa shape index (κ1) is 17.4. The normalized spacial score (nSPS) is 12.3. The molecule has 1 aromatic rings. The van der Waals surface area contributed by atoms with Gasteiger partial charge in [0.1, 0.15) is 5.75 Å². The summed E-state index contributed by atoms with van der Waals surface area (Å²) in [6, 6.07) is 6.43. The third-order valence-electron chi connectivity index (χ3n) is 3.03. The van der Waals surface area contributed by atoms with Gasteiger partial charge in [-0.25, -0.2) is 0 Å². The molecule has 4 nitrogen and oxygen atoms in total. The van der Waals surface area contributed by atoms with Gasteiger partial charge in [-0.3, -0.25) is 4.79 Å². The van der Waals surface area contributed by atoms with Crippen molar-refractivity contribution in [3.63, 3.8) is 0 Å². The van der Waals surface area contributed by atoms with Crippen LogP contribution in [0.15, 0.2) is 24.3 Å². The highest BCUT2D eigenvalue weighted by Crippen LogP contribution is 2.16. The highest BCUT2D eigenvalue weighted by atomic mass is 19.3. The number of amides is 1. The van der Waals surface area contributed by atoms with Crippen LogP contribution in [0.25, 0.3) is 0 Å². The van der Waals surface area contributed by atoms with Gasteiger partial charge in [-0.2, -0.15) is 8.78 Å². The van der Waals surface area contributed by atoms with Gasteiger partial charge >= 0.3 is 6.61 Å². The zero-order chi connectivity index (χ0) is 15.8. The molecule has 0 aromatic heterocycles. The van der Waals surface area contributed by atoms with Crippen molar-refractivity contribution in [1.82, 2.24) is 10.2 Å². The maximum Gasteiger partial charge on any atom is 0.387 e. The zero-order valence-electron chi connectivity index (χ0n) is 12.6. The average Bonchev–Trinajstić information content (AvgIpc) is 2.40. The van der Waals surface area contributed by atoms with Gasteiger partial charge in [0, 0.05) is 26.1 Å². The predicted molar refractivity (Wildman–Crippen MR) is 77.3 cm³/mol. The molecule has 0 saturated carbocycles. The molecule has 6 heteroatoms. The molecule has 1 amide bonds. The van der Waals surface area contributed by atoms with Crippen LogP contribution in [-0.2, 0) is 11.3 Å². The van der Waals surface area contributed by atoms with Gasteiger partial charge in [-0.05, 0) is 31.2 Å². The molecule has 0 aliphatic heterocycles. The Labute approximate surface area is 124 Å². The summed E-state index contributed by atoms with van der Waals surface area (Å²) < 4.78 is 28.4. The Morgan fingerprint density at radius 1 is 1.33 bits per heavy atom. The van der Waals surface area contributed by atoms with Crippen LogP contribution in [0.4, 0.5) is 8.78 Å². The summed E-state index contributed by atoms with van der Waals surface area (Å²) in [4.78, 5) is 13.6. The summed E-state index contributed by atoms with van der Waals surface area (Å²) in [6.45, 7) is 2.39. The maximum absolute atomic E-state index is 12.0. The fourth-order valence-electron chi connectivity index (χ4n) is 1.98. The van der Waals surface area contributed by atoms with E-state index < -0.39 is 6.61 Å². The number of halogens is 2. The summed E-state index contributed by atoms with van der Waals surface area (Å²) in [5.41, 5.74) is 0.864. The lowest BCUT2D eigenvalue weighted by atomic mass is 10.2. The average molecular weight is 300 g/mol. The lowest BCUT2D eigenvalue weighted by Crippen LogP contribution is -2.34. The van der Waals surface area contributed by atoms with E-state index in [9.17, 15) is 13.6 Å². The van der Waals surface area contributed by atoms with E-state index in [1.165, 1.54) is 12.1 Å². The number of carbonyl (C=O) groups is 1. The van der Waals surface area contributed by atoms with Gasteiger partial charge in [0.25, 0.3) is 0 Å². The van der Waals surface area contributed by atoms with Crippen LogP contribution in [0.2, 0.25) is 0 Å². The third kappa shape index (κ3) is 6.53. The molecule has 1 aromatic carbocycles. The minimum absolute atomic E-state index is 0.0383. The number of alkyl halides is 2. The molecule has 0 saturated heterocycles. The fourth-order valence-corrected chi connectivity index (χ4v) is 1.98. The second-order valence-corrected chi connectivity index (χ2v) is 4.94. The van der Waals surface area contributed by atoms with Crippen LogP contribution in [0, 0.1) is 0 Å². The van der Waals surface area contributed by atoms with Crippen molar-refractivity contribution >= 4 is 5.91 Å². The standard InChI is InChI=1S/C15H22F2N2O2/c1-4-18-11(2)9-14(20)19(3)10-12-5-7-13(8-6-12)21-15(16)17/h5-8,11,15,18H,4,9-10H2,1-3H3. The Morgan fingerprint density at radius 2 is 1.95 bits per heavy atom. The van der Waals surface area contributed by atoms with Crippen LogP contribution in [0.3, 0.4) is 0 Å². The Hall–Kier alpha value is -1.69. The van der Waals surface area contributed by atoms with E-state index in [2.05, 4.69) is 10.1 Å². The summed E-state index contributed by atoms with van der Waals surface area (Å²) >= 11 is 0. The maximum atomic E-state index is 12.0. The topological polar surface area (TPSA) is 41.6 Å². The SMILES string of the molecule is CCNC(C)CC(=O)N(C)Cc1ccc(OC(F)F)cc1. The second kappa shape index (κ2) is 8.56. The minimum Gasteiger partial charge on any atom is -0.435 e. The van der Waals surface area contributed by atoms with E-state index in [4.69, 9.17) is 0 Å². The van der Waals surface area contributed by atoms with E-state index in [1.54, 1.807) is 24.1 Å². The smallest absolute Gasteiger partial charge is 0.387 e. The first-order valence-corrected chi connectivity index (χ1v) is 6.93. The number of carbonyl (C=O) groups excluding carboxylic acids is 1. The number of hydrogen-bond donors (Lipinski definition) is 1. The van der Waals surface area contributed by atoms with Gasteiger partial charge in [-0.1, -0.05) is 19.1 Å². The van der Waals surface area contributed by atoms with Crippen molar-refractivity contribution in [1.29, 1.82) is 0 Å². The molecule has 0 aliphatic rings. The summed E-state index contributed by atoms with van der Waals surface area (Å²) in [5, 5.41) is 3.19. The number of nitrogens with zero attached hydrogens (tertiary/aromatic N) is 1. The van der Waals surface area contributed by atoms with Crippen molar-refractivity contribution in [2.45, 2.75) is 39.5 Å². The Kier molecular flexibility index (Phi) is 7.08. The molecule has 118 valence electrons. The van der Waals surface area contributed by atoms with Gasteiger partial charge in [0.2, 0.25) is 5.91 Å². The van der Waals surface area contributed by atoms with Gasteiger partial charge in [0.05, 0.1) is 0 Å². The van der Waals surface area contributed by atoms with Crippen molar-refractivity contribution in [3.8, 4) is 5.75 Å². The molecule has 21 heavy (non-hydrogen) atoms. The third-order valence-corrected chi connectivity index (χ3v) is 3.03. The molecule has 1 N–H and O–H groups in total. The quantitative estimate of drug-likeness (QED) is 0.802. The molecule has 1 unspecified atom stereocenters. The number of rotatable bonds is 8. The van der Waals surface area contributed by atoms with Gasteiger partial charge < -0.3 is 15.0 Å². The summed E-state index contributed by atoms with van der Waals surface area (Å²) in [5.74, 6) is 0.153. The lowest BCUT2D eigenvalue weighted by Gasteiger charge is -2.20. The Balaban J connectivity index is 2.50. The molecule has 0 radical (unpaired) electrons. The van der Waals surface area contributed by atoms with E-state index in [-0.39, 0.29) is 17.7 Å². The lowest BCUT2D eigenvalue weighted by molar-refractivity contribution is -0.130. The first-order chi connectivity index (χ1) is 9.92. The van der Waals surface area contributed by atoms with E-state index >= 15 is 0 Å². The highest BCUT2D eigenvalue weighted by molar-refractivity contribution is 5.76. The zero-order valence-corrected chi connectivity index (χ0v) is 12.6. The van der Waals surface area contributed by atoms with E-state index in [1.807, 2.05) is 13.8 Å². The van der Waals surface area contributed by atoms with E-state index in [0.717, 1.165) is 12.1 Å². The summed E-state index contributed by atoms with van der Waals surface area (Å²) in [6.07, 6.45) is 0.427. The molecule has 0 heterocycles. The highest BCUT2D eigenvalue weighted by Gasteiger charge is 2.13. The molecular weight excluding hydrogens is 278 g/mol. The van der Waals surface area contributed by atoms with Crippen molar-refractivity contribution in [3.05, 3.63) is 29.8 Å². The minimum atomic E-state index is -2.83. The van der Waals surface area contributed by atoms with Crippen molar-refractivity contribution < 1.29 is 18.3 Å². The molecule has 1 rings (SSSR count). The molecule has 0 aliphatic carbocycles. The monoisotopic (exact) mass is 300 g/mol. The van der Waals surface area contributed by atoms with Gasteiger partial charge in [-0.15, -0.1) is 0 Å². The largest absolute Gasteiger partial charge is 0.435 e. The number of hydrogen-bond acceptors (Lipinski definition) is 3. The van der Waals surface area contributed by atoms with Crippen LogP contribution in [0.5, 0.6) is 5.75 Å². The molecular formula is C15H22F2N2O2. The predicted octanol–water partition coefficient (Wildman–Crippen LogP) is 2.63. The molecule has 1 atom stereocenters. The number of ether oxygens (including phenoxy) is 1. The van der Waals surface area contributed by atoms with Crippen molar-refractivity contribution in [2.24, 2.45) is 0 Å². The molecule has 0 bridgehead atoms. The van der Waals surface area contributed by atoms with Crippen molar-refractivity contribution in [2.75, 3.05) is 13.6 Å². The first-order valence-electron chi connectivity index (χ1n) is 6.93. The molecule has 0 fully saturated rings. The van der Waals surface area contributed by atoms with Crippen LogP contribution < -0.4 is 10.1 Å². The fraction of sp³-hybridized carbons (Fsp3) is 0.533. The van der Waals surface area contributed by atoms with Crippen LogP contribution >= 0.6 is 0 Å². The Morgan fingerprint density at radius 3 is 2.48 bits per heavy atom. The van der Waals surface area contributed by atoms with Gasteiger partial charge in [0.15, 0.2) is 0 Å². The van der Waals surface area contributed by atoms with E-state index in [0.29, 0.717) is 13.0 Å². The molecule has 0 spiro atoms. The van der Waals surface area contributed by atoms with Crippen LogP contribution in [-0.4, -0.2) is 37.1 Å². The number of benzene rings is 1. The second-order valence-electron chi connectivity index (χ2n) is 4.94. The summed E-state index contributed by atoms with van der Waals surface area (Å²) in [7, 11) is 1.73. The number of nitrogens with one attached hydrogen (secondary N) is 1. The van der Waals surface area contributed by atoms with Crippen LogP contribution in [0.1, 0.15) is 25.8 Å².